The molecular formula is C20H21NO3. The molecule has 1 atom stereocenters. The van der Waals surface area contributed by atoms with Gasteiger partial charge < -0.3 is 9.64 Å². The van der Waals surface area contributed by atoms with Crippen molar-refractivity contribution in [3.8, 4) is 0 Å². The lowest BCUT2D eigenvalue weighted by molar-refractivity contribution is -0.126. The highest BCUT2D eigenvalue weighted by Crippen LogP contribution is 2.28. The van der Waals surface area contributed by atoms with Crippen LogP contribution < -0.4 is 4.90 Å². The molecule has 24 heavy (non-hydrogen) atoms. The van der Waals surface area contributed by atoms with Crippen molar-refractivity contribution in [1.82, 2.24) is 0 Å². The van der Waals surface area contributed by atoms with Crippen molar-refractivity contribution < 1.29 is 14.3 Å². The average Bonchev–Trinajstić information content (AvgIpc) is 3.00. The topological polar surface area (TPSA) is 46.6 Å². The maximum absolute atomic E-state index is 12.6. The number of rotatable bonds is 3. The van der Waals surface area contributed by atoms with Crippen LogP contribution in [0.1, 0.15) is 34.0 Å². The predicted octanol–water partition coefficient (Wildman–Crippen LogP) is 3.44. The normalized spacial score (nSPS) is 14.2. The molecule has 1 unspecified atom stereocenters. The Balaban J connectivity index is 1.70. The SMILES string of the molecule is Cc1ccc(C(=O)OC(C)C(=O)N2CCc3ccccc32)cc1C. The molecule has 1 amide bonds. The molecule has 0 saturated carbocycles. The van der Waals surface area contributed by atoms with E-state index in [-0.39, 0.29) is 5.91 Å². The third-order valence-electron chi connectivity index (χ3n) is 4.53. The Morgan fingerprint density at radius 3 is 2.58 bits per heavy atom. The minimum Gasteiger partial charge on any atom is -0.449 e. The van der Waals surface area contributed by atoms with Crippen LogP contribution in [0.5, 0.6) is 0 Å². The summed E-state index contributed by atoms with van der Waals surface area (Å²) in [6.45, 7) is 6.19. The van der Waals surface area contributed by atoms with Crippen LogP contribution in [-0.2, 0) is 16.0 Å². The fraction of sp³-hybridized carbons (Fsp3) is 0.300. The van der Waals surface area contributed by atoms with Crippen molar-refractivity contribution in [3.05, 3.63) is 64.7 Å². The zero-order chi connectivity index (χ0) is 17.3. The number of esters is 1. The second-order valence-corrected chi connectivity index (χ2v) is 6.22. The molecule has 1 aliphatic heterocycles. The van der Waals surface area contributed by atoms with E-state index in [9.17, 15) is 9.59 Å². The molecule has 4 heteroatoms. The molecule has 1 heterocycles. The molecule has 1 aliphatic rings. The number of anilines is 1. The maximum atomic E-state index is 12.6. The molecule has 0 bridgehead atoms. The Morgan fingerprint density at radius 2 is 1.83 bits per heavy atom. The number of nitrogens with zero attached hydrogens (tertiary/aromatic N) is 1. The molecule has 0 aromatic heterocycles. The van der Waals surface area contributed by atoms with Crippen LogP contribution in [0.2, 0.25) is 0 Å². The van der Waals surface area contributed by atoms with E-state index < -0.39 is 12.1 Å². The zero-order valence-corrected chi connectivity index (χ0v) is 14.2. The van der Waals surface area contributed by atoms with Gasteiger partial charge in [-0.2, -0.15) is 0 Å². The van der Waals surface area contributed by atoms with Gasteiger partial charge in [0.2, 0.25) is 0 Å². The Kier molecular flexibility index (Phi) is 4.38. The minimum atomic E-state index is -0.815. The van der Waals surface area contributed by atoms with Gasteiger partial charge >= 0.3 is 5.97 Å². The summed E-state index contributed by atoms with van der Waals surface area (Å²) in [7, 11) is 0. The highest BCUT2D eigenvalue weighted by molar-refractivity contribution is 6.00. The highest BCUT2D eigenvalue weighted by atomic mass is 16.5. The fourth-order valence-corrected chi connectivity index (χ4v) is 2.93. The summed E-state index contributed by atoms with van der Waals surface area (Å²) < 4.78 is 5.39. The van der Waals surface area contributed by atoms with E-state index in [1.807, 2.05) is 44.2 Å². The van der Waals surface area contributed by atoms with E-state index in [2.05, 4.69) is 0 Å². The first-order chi connectivity index (χ1) is 11.5. The van der Waals surface area contributed by atoms with Crippen molar-refractivity contribution in [3.63, 3.8) is 0 Å². The largest absolute Gasteiger partial charge is 0.449 e. The maximum Gasteiger partial charge on any atom is 0.338 e. The first kappa shape index (κ1) is 16.2. The van der Waals surface area contributed by atoms with Crippen molar-refractivity contribution >= 4 is 17.6 Å². The standard InChI is InChI=1S/C20H21NO3/c1-13-8-9-17(12-14(13)2)20(23)24-15(3)19(22)21-11-10-16-6-4-5-7-18(16)21/h4-9,12,15H,10-11H2,1-3H3. The van der Waals surface area contributed by atoms with E-state index >= 15 is 0 Å². The van der Waals surface area contributed by atoms with E-state index in [0.29, 0.717) is 12.1 Å². The first-order valence-electron chi connectivity index (χ1n) is 8.15. The number of carbonyl (C=O) groups is 2. The van der Waals surface area contributed by atoms with Crippen LogP contribution in [0.3, 0.4) is 0 Å². The van der Waals surface area contributed by atoms with Crippen LogP contribution in [0.4, 0.5) is 5.69 Å². The van der Waals surface area contributed by atoms with Crippen molar-refractivity contribution in [2.24, 2.45) is 0 Å². The monoisotopic (exact) mass is 323 g/mol. The minimum absolute atomic E-state index is 0.183. The van der Waals surface area contributed by atoms with Gasteiger partial charge in [-0.05, 0) is 62.1 Å². The number of aryl methyl sites for hydroxylation is 2. The highest BCUT2D eigenvalue weighted by Gasteiger charge is 2.29. The molecule has 4 nitrogen and oxygen atoms in total. The summed E-state index contributed by atoms with van der Waals surface area (Å²) in [5.74, 6) is -0.649. The number of benzene rings is 2. The van der Waals surface area contributed by atoms with Gasteiger partial charge in [-0.15, -0.1) is 0 Å². The zero-order valence-electron chi connectivity index (χ0n) is 14.2. The lowest BCUT2D eigenvalue weighted by atomic mass is 10.1. The van der Waals surface area contributed by atoms with Crippen molar-refractivity contribution in [1.29, 1.82) is 0 Å². The number of amides is 1. The number of hydrogen-bond acceptors (Lipinski definition) is 3. The molecule has 2 aromatic carbocycles. The number of hydrogen-bond donors (Lipinski definition) is 0. The first-order valence-corrected chi connectivity index (χ1v) is 8.15. The van der Waals surface area contributed by atoms with Crippen molar-refractivity contribution in [2.75, 3.05) is 11.4 Å². The Bertz CT molecular complexity index is 797. The molecule has 0 radical (unpaired) electrons. The molecule has 0 aliphatic carbocycles. The number of ether oxygens (including phenoxy) is 1. The Labute approximate surface area is 142 Å². The second kappa shape index (κ2) is 6.48. The van der Waals surface area contributed by atoms with E-state index in [1.54, 1.807) is 24.0 Å². The van der Waals surface area contributed by atoms with Crippen molar-refractivity contribution in [2.45, 2.75) is 33.3 Å². The molecule has 3 rings (SSSR count). The van der Waals surface area contributed by atoms with Gasteiger partial charge in [0.05, 0.1) is 5.56 Å². The Morgan fingerprint density at radius 1 is 1.08 bits per heavy atom. The van der Waals surface area contributed by atoms with Gasteiger partial charge in [0.25, 0.3) is 5.91 Å². The predicted molar refractivity (Wildman–Crippen MR) is 93.3 cm³/mol. The summed E-state index contributed by atoms with van der Waals surface area (Å²) in [4.78, 5) is 26.6. The van der Waals surface area contributed by atoms with E-state index in [4.69, 9.17) is 4.74 Å². The molecule has 124 valence electrons. The lowest BCUT2D eigenvalue weighted by Crippen LogP contribution is -2.39. The summed E-state index contributed by atoms with van der Waals surface area (Å²) in [6, 6.07) is 13.2. The van der Waals surface area contributed by atoms with Gasteiger partial charge in [-0.3, -0.25) is 4.79 Å². The van der Waals surface area contributed by atoms with Crippen LogP contribution in [-0.4, -0.2) is 24.5 Å². The summed E-state index contributed by atoms with van der Waals surface area (Å²) >= 11 is 0. The van der Waals surface area contributed by atoms with Gasteiger partial charge in [0.15, 0.2) is 6.10 Å². The van der Waals surface area contributed by atoms with Crippen LogP contribution in [0.25, 0.3) is 0 Å². The fourth-order valence-electron chi connectivity index (χ4n) is 2.93. The third kappa shape index (κ3) is 3.04. The lowest BCUT2D eigenvalue weighted by Gasteiger charge is -2.21. The smallest absolute Gasteiger partial charge is 0.338 e. The van der Waals surface area contributed by atoms with Gasteiger partial charge in [0.1, 0.15) is 0 Å². The quantitative estimate of drug-likeness (QED) is 0.813. The Hall–Kier alpha value is -2.62. The van der Waals surface area contributed by atoms with Crippen LogP contribution in [0.15, 0.2) is 42.5 Å². The molecule has 0 spiro atoms. The average molecular weight is 323 g/mol. The molecule has 2 aromatic rings. The van der Waals surface area contributed by atoms with Gasteiger partial charge in [0, 0.05) is 12.2 Å². The van der Waals surface area contributed by atoms with E-state index in [0.717, 1.165) is 28.8 Å². The third-order valence-corrected chi connectivity index (χ3v) is 4.53. The summed E-state index contributed by atoms with van der Waals surface area (Å²) in [5.41, 5.74) is 4.68. The van der Waals surface area contributed by atoms with Crippen LogP contribution >= 0.6 is 0 Å². The summed E-state index contributed by atoms with van der Waals surface area (Å²) in [6.07, 6.45) is 0.0185. The number of para-hydroxylation sites is 1. The number of carbonyl (C=O) groups excluding carboxylic acids is 2. The van der Waals surface area contributed by atoms with E-state index in [1.165, 1.54) is 0 Å². The molecule has 0 N–H and O–H groups in total. The number of fused-ring (bicyclic) bond motifs is 1. The van der Waals surface area contributed by atoms with Gasteiger partial charge in [-0.1, -0.05) is 24.3 Å². The molecule has 0 fully saturated rings. The summed E-state index contributed by atoms with van der Waals surface area (Å²) in [5, 5.41) is 0. The van der Waals surface area contributed by atoms with Gasteiger partial charge in [-0.25, -0.2) is 4.79 Å². The second-order valence-electron chi connectivity index (χ2n) is 6.22. The van der Waals surface area contributed by atoms with Crippen LogP contribution in [0, 0.1) is 13.8 Å². The molecule has 0 saturated heterocycles. The molecular weight excluding hydrogens is 302 g/mol.